The number of nitrogens with one attached hydrogen (secondary N) is 1. The van der Waals surface area contributed by atoms with Crippen LogP contribution in [0.5, 0.6) is 0 Å². The molecule has 0 saturated heterocycles. The smallest absolute Gasteiger partial charge is 0.238 e. The second kappa shape index (κ2) is 6.82. The van der Waals surface area contributed by atoms with E-state index in [4.69, 9.17) is 0 Å². The number of carbonyl (C=O) groups is 1. The Kier molecular flexibility index (Phi) is 5.79. The molecule has 1 unspecified atom stereocenters. The van der Waals surface area contributed by atoms with E-state index in [1.165, 1.54) is 6.92 Å². The molecule has 0 aromatic heterocycles. The number of aryl methyl sites for hydroxylation is 1. The van der Waals surface area contributed by atoms with Crippen LogP contribution in [0, 0.1) is 6.92 Å². The maximum absolute atomic E-state index is 12.1. The minimum atomic E-state index is -3.43. The SMILES string of the molecule is Cc1cccc(C(C)(C)CNC(=O)C(C)S(=O)(=O)C(C)C)c1. The molecule has 0 aliphatic heterocycles. The summed E-state index contributed by atoms with van der Waals surface area (Å²) in [5.41, 5.74) is 2.02. The number of carbonyl (C=O) groups excluding carboxylic acids is 1. The Bertz CT molecular complexity index is 633. The fourth-order valence-electron chi connectivity index (χ4n) is 2.18. The van der Waals surface area contributed by atoms with E-state index in [0.29, 0.717) is 6.54 Å². The Labute approximate surface area is 134 Å². The molecule has 0 saturated carbocycles. The second-order valence-corrected chi connectivity index (χ2v) is 9.58. The summed E-state index contributed by atoms with van der Waals surface area (Å²) in [6.45, 7) is 11.1. The van der Waals surface area contributed by atoms with Crippen LogP contribution in [0.25, 0.3) is 0 Å². The van der Waals surface area contributed by atoms with E-state index in [-0.39, 0.29) is 5.41 Å². The minimum absolute atomic E-state index is 0.261. The summed E-state index contributed by atoms with van der Waals surface area (Å²) < 4.78 is 24.1. The lowest BCUT2D eigenvalue weighted by atomic mass is 9.84. The van der Waals surface area contributed by atoms with Crippen LogP contribution in [0.3, 0.4) is 0 Å². The molecule has 0 aliphatic carbocycles. The quantitative estimate of drug-likeness (QED) is 0.874. The first kappa shape index (κ1) is 18.7. The maximum atomic E-state index is 12.1. The summed E-state index contributed by atoms with van der Waals surface area (Å²) in [4.78, 5) is 12.1. The van der Waals surface area contributed by atoms with Crippen LogP contribution < -0.4 is 5.32 Å². The first-order chi connectivity index (χ1) is 9.98. The van der Waals surface area contributed by atoms with Gasteiger partial charge in [-0.3, -0.25) is 4.79 Å². The zero-order chi connectivity index (χ0) is 17.1. The Morgan fingerprint density at radius 3 is 2.32 bits per heavy atom. The molecule has 0 fully saturated rings. The molecule has 0 aliphatic rings. The van der Waals surface area contributed by atoms with Crippen molar-refractivity contribution in [2.24, 2.45) is 0 Å². The molecule has 5 heteroatoms. The van der Waals surface area contributed by atoms with Gasteiger partial charge in [0.2, 0.25) is 5.91 Å². The van der Waals surface area contributed by atoms with E-state index in [1.54, 1.807) is 13.8 Å². The molecule has 1 aromatic carbocycles. The molecule has 1 amide bonds. The lowest BCUT2D eigenvalue weighted by Crippen LogP contribution is -2.45. The van der Waals surface area contributed by atoms with Gasteiger partial charge in [-0.1, -0.05) is 43.7 Å². The zero-order valence-electron chi connectivity index (χ0n) is 14.3. The average molecular weight is 325 g/mol. The first-order valence-electron chi connectivity index (χ1n) is 7.56. The van der Waals surface area contributed by atoms with Gasteiger partial charge in [0.25, 0.3) is 0 Å². The van der Waals surface area contributed by atoms with E-state index in [9.17, 15) is 13.2 Å². The molecule has 1 rings (SSSR count). The molecule has 0 radical (unpaired) electrons. The van der Waals surface area contributed by atoms with Crippen molar-refractivity contribution in [1.29, 1.82) is 0 Å². The third-order valence-corrected chi connectivity index (χ3v) is 6.54. The van der Waals surface area contributed by atoms with Crippen molar-refractivity contribution in [2.75, 3.05) is 6.54 Å². The highest BCUT2D eigenvalue weighted by molar-refractivity contribution is 7.93. The van der Waals surface area contributed by atoms with Crippen molar-refractivity contribution < 1.29 is 13.2 Å². The van der Waals surface area contributed by atoms with Crippen LogP contribution in [0.4, 0.5) is 0 Å². The van der Waals surface area contributed by atoms with Crippen molar-refractivity contribution >= 4 is 15.7 Å². The molecule has 1 aromatic rings. The van der Waals surface area contributed by atoms with Crippen LogP contribution >= 0.6 is 0 Å². The van der Waals surface area contributed by atoms with E-state index >= 15 is 0 Å². The van der Waals surface area contributed by atoms with Crippen LogP contribution in [-0.4, -0.2) is 31.4 Å². The van der Waals surface area contributed by atoms with Gasteiger partial charge in [-0.25, -0.2) is 8.42 Å². The molecular formula is C17H27NO3S. The summed E-state index contributed by atoms with van der Waals surface area (Å²) in [6.07, 6.45) is 0. The van der Waals surface area contributed by atoms with Gasteiger partial charge in [0.05, 0.1) is 5.25 Å². The van der Waals surface area contributed by atoms with Gasteiger partial charge in [0.1, 0.15) is 5.25 Å². The Balaban J connectivity index is 2.79. The lowest BCUT2D eigenvalue weighted by molar-refractivity contribution is -0.120. The van der Waals surface area contributed by atoms with Crippen LogP contribution in [-0.2, 0) is 20.0 Å². The first-order valence-corrected chi connectivity index (χ1v) is 9.17. The summed E-state index contributed by atoms with van der Waals surface area (Å²) in [7, 11) is -3.43. The van der Waals surface area contributed by atoms with Gasteiger partial charge in [0.15, 0.2) is 9.84 Å². The number of hydrogen-bond acceptors (Lipinski definition) is 3. The molecule has 4 nitrogen and oxygen atoms in total. The molecule has 22 heavy (non-hydrogen) atoms. The van der Waals surface area contributed by atoms with Crippen LogP contribution in [0.15, 0.2) is 24.3 Å². The van der Waals surface area contributed by atoms with Crippen LogP contribution in [0.1, 0.15) is 45.7 Å². The predicted molar refractivity (Wildman–Crippen MR) is 90.7 cm³/mol. The fraction of sp³-hybridized carbons (Fsp3) is 0.588. The van der Waals surface area contributed by atoms with Gasteiger partial charge in [-0.15, -0.1) is 0 Å². The molecule has 1 atom stereocenters. The Morgan fingerprint density at radius 2 is 1.82 bits per heavy atom. The van der Waals surface area contributed by atoms with Gasteiger partial charge < -0.3 is 5.32 Å². The maximum Gasteiger partial charge on any atom is 0.238 e. The van der Waals surface area contributed by atoms with Gasteiger partial charge in [0, 0.05) is 12.0 Å². The number of sulfone groups is 1. The van der Waals surface area contributed by atoms with E-state index in [0.717, 1.165) is 11.1 Å². The zero-order valence-corrected chi connectivity index (χ0v) is 15.1. The van der Waals surface area contributed by atoms with Crippen molar-refractivity contribution in [2.45, 2.75) is 57.5 Å². The lowest BCUT2D eigenvalue weighted by Gasteiger charge is -2.27. The van der Waals surface area contributed by atoms with Gasteiger partial charge >= 0.3 is 0 Å². The second-order valence-electron chi connectivity index (χ2n) is 6.75. The standard InChI is InChI=1S/C17H27NO3S/c1-12(2)22(20,21)14(4)16(19)18-11-17(5,6)15-9-7-8-13(3)10-15/h7-10,12,14H,11H2,1-6H3,(H,18,19). The Hall–Kier alpha value is -1.36. The van der Waals surface area contributed by atoms with E-state index < -0.39 is 26.2 Å². The fourth-order valence-corrected chi connectivity index (χ4v) is 3.38. The topological polar surface area (TPSA) is 63.2 Å². The van der Waals surface area contributed by atoms with E-state index in [2.05, 4.69) is 11.4 Å². The Morgan fingerprint density at radius 1 is 1.23 bits per heavy atom. The molecule has 124 valence electrons. The highest BCUT2D eigenvalue weighted by atomic mass is 32.2. The van der Waals surface area contributed by atoms with Crippen molar-refractivity contribution in [1.82, 2.24) is 5.32 Å². The molecule has 0 heterocycles. The summed E-state index contributed by atoms with van der Waals surface area (Å²) >= 11 is 0. The highest BCUT2D eigenvalue weighted by Gasteiger charge is 2.31. The highest BCUT2D eigenvalue weighted by Crippen LogP contribution is 2.23. The van der Waals surface area contributed by atoms with Gasteiger partial charge in [-0.2, -0.15) is 0 Å². The number of rotatable bonds is 6. The monoisotopic (exact) mass is 325 g/mol. The molecule has 1 N–H and O–H groups in total. The molecule has 0 spiro atoms. The van der Waals surface area contributed by atoms with Crippen molar-refractivity contribution in [3.8, 4) is 0 Å². The average Bonchev–Trinajstić information content (AvgIpc) is 2.43. The molecule has 0 bridgehead atoms. The number of benzene rings is 1. The summed E-state index contributed by atoms with van der Waals surface area (Å²) in [5.74, 6) is -0.436. The normalized spacial score (nSPS) is 14.0. The van der Waals surface area contributed by atoms with Crippen LogP contribution in [0.2, 0.25) is 0 Å². The summed E-state index contributed by atoms with van der Waals surface area (Å²) in [5, 5.41) is 1.20. The van der Waals surface area contributed by atoms with E-state index in [1.807, 2.05) is 39.0 Å². The third-order valence-electron chi connectivity index (χ3n) is 4.02. The predicted octanol–water partition coefficient (Wildman–Crippen LogP) is 2.60. The minimum Gasteiger partial charge on any atom is -0.354 e. The third kappa shape index (κ3) is 4.32. The largest absolute Gasteiger partial charge is 0.354 e. The van der Waals surface area contributed by atoms with Gasteiger partial charge in [-0.05, 0) is 33.3 Å². The summed E-state index contributed by atoms with van der Waals surface area (Å²) in [6, 6.07) is 8.11. The number of hydrogen-bond donors (Lipinski definition) is 1. The number of amides is 1. The van der Waals surface area contributed by atoms with Crippen molar-refractivity contribution in [3.63, 3.8) is 0 Å². The molecular weight excluding hydrogens is 298 g/mol. The van der Waals surface area contributed by atoms with Crippen molar-refractivity contribution in [3.05, 3.63) is 35.4 Å².